The maximum absolute atomic E-state index is 13.9. The fraction of sp³-hybridized carbons (Fsp3) is 0.474. The van der Waals surface area contributed by atoms with Gasteiger partial charge in [0.2, 0.25) is 5.91 Å². The summed E-state index contributed by atoms with van der Waals surface area (Å²) in [5, 5.41) is 14.8. The van der Waals surface area contributed by atoms with Crippen LogP contribution in [0.15, 0.2) is 71.9 Å². The number of carbonyl (C=O) groups excluding carboxylic acids is 3. The van der Waals surface area contributed by atoms with Crippen molar-refractivity contribution < 1.29 is 33.7 Å². The molecule has 1 unspecified atom stereocenters. The monoisotopic (exact) mass is 723 g/mol. The van der Waals surface area contributed by atoms with E-state index in [1.807, 2.05) is 81.4 Å². The second kappa shape index (κ2) is 19.0. The predicted octanol–water partition coefficient (Wildman–Crippen LogP) is 7.26. The minimum atomic E-state index is -1.23. The molecule has 2 heterocycles. The minimum Gasteiger partial charge on any atom is -0.493 e. The van der Waals surface area contributed by atoms with Crippen LogP contribution in [0.25, 0.3) is 0 Å². The number of carbonyl (C=O) groups is 3. The second-order valence-corrected chi connectivity index (χ2v) is 15.4. The number of aryl methyl sites for hydroxylation is 1. The maximum atomic E-state index is 13.9. The Morgan fingerprint density at radius 3 is 2.56 bits per heavy atom. The van der Waals surface area contributed by atoms with E-state index in [0.29, 0.717) is 61.6 Å². The van der Waals surface area contributed by atoms with Gasteiger partial charge in [0.05, 0.1) is 14.2 Å². The summed E-state index contributed by atoms with van der Waals surface area (Å²) in [6.45, 7) is 6.01. The molecule has 3 aromatic rings. The van der Waals surface area contributed by atoms with Crippen molar-refractivity contribution >= 4 is 45.1 Å². The van der Waals surface area contributed by atoms with Crippen molar-refractivity contribution in [2.75, 3.05) is 31.8 Å². The van der Waals surface area contributed by atoms with Gasteiger partial charge in [-0.25, -0.2) is 9.78 Å². The average Bonchev–Trinajstić information content (AvgIpc) is 3.14. The number of anilines is 1. The van der Waals surface area contributed by atoms with Crippen LogP contribution < -0.4 is 14.8 Å². The van der Waals surface area contributed by atoms with E-state index in [1.165, 1.54) is 15.7 Å². The van der Waals surface area contributed by atoms with Crippen molar-refractivity contribution in [3.63, 3.8) is 0 Å². The number of rotatable bonds is 17. The van der Waals surface area contributed by atoms with Crippen molar-refractivity contribution in [2.45, 2.75) is 89.0 Å². The smallest absolute Gasteiger partial charge is 0.329 e. The molecular weight excluding hydrogens is 675 g/mol. The molecular formula is C38H49N3O7S2. The lowest BCUT2D eigenvalue weighted by atomic mass is 9.82. The normalized spacial score (nSPS) is 15.9. The van der Waals surface area contributed by atoms with Gasteiger partial charge in [0.15, 0.2) is 11.5 Å². The molecule has 1 aromatic heterocycles. The SMILES string of the molecule is CCC(C)(C)C(O)C(=O)N1CCCC[C@H]1C(=O)O[C@H](CCc1ccc(OC)c(OC)c1)c1cccc(NC(=O)CCSSc2ccccn2)c1. The highest BCUT2D eigenvalue weighted by Gasteiger charge is 2.41. The van der Waals surface area contributed by atoms with Crippen molar-refractivity contribution in [1.82, 2.24) is 9.88 Å². The molecule has 2 amide bonds. The zero-order valence-corrected chi connectivity index (χ0v) is 31.2. The fourth-order valence-electron chi connectivity index (χ4n) is 5.64. The van der Waals surface area contributed by atoms with Gasteiger partial charge in [-0.15, -0.1) is 0 Å². The second-order valence-electron chi connectivity index (χ2n) is 12.9. The summed E-state index contributed by atoms with van der Waals surface area (Å²) in [7, 11) is 6.26. The molecule has 0 saturated carbocycles. The summed E-state index contributed by atoms with van der Waals surface area (Å²) < 4.78 is 17.1. The third-order valence-corrected chi connectivity index (χ3v) is 11.3. The van der Waals surface area contributed by atoms with E-state index in [0.717, 1.165) is 29.0 Å². The predicted molar refractivity (Wildman–Crippen MR) is 198 cm³/mol. The number of hydrogen-bond donors (Lipinski definition) is 2. The van der Waals surface area contributed by atoms with Gasteiger partial charge in [-0.1, -0.05) is 55.8 Å². The summed E-state index contributed by atoms with van der Waals surface area (Å²) in [4.78, 5) is 46.1. The topological polar surface area (TPSA) is 127 Å². The zero-order valence-electron chi connectivity index (χ0n) is 29.6. The lowest BCUT2D eigenvalue weighted by molar-refractivity contribution is -0.167. The molecule has 1 fully saturated rings. The molecule has 1 aliphatic heterocycles. The van der Waals surface area contributed by atoms with Crippen LogP contribution in [0.4, 0.5) is 5.69 Å². The number of methoxy groups -OCH3 is 2. The number of hydrogen-bond acceptors (Lipinski definition) is 10. The summed E-state index contributed by atoms with van der Waals surface area (Å²) in [6, 6.07) is 17.9. The quantitative estimate of drug-likeness (QED) is 0.0835. The highest BCUT2D eigenvalue weighted by atomic mass is 33.1. The molecule has 2 aromatic carbocycles. The van der Waals surface area contributed by atoms with E-state index in [2.05, 4.69) is 10.3 Å². The number of aliphatic hydroxyl groups excluding tert-OH is 1. The molecule has 0 spiro atoms. The van der Waals surface area contributed by atoms with E-state index < -0.39 is 35.5 Å². The number of ether oxygens (including phenoxy) is 3. The Bertz CT molecular complexity index is 1570. The van der Waals surface area contributed by atoms with Gasteiger partial charge in [0.1, 0.15) is 23.3 Å². The van der Waals surface area contributed by atoms with Gasteiger partial charge in [0.25, 0.3) is 5.91 Å². The first kappa shape index (κ1) is 39.1. The Balaban J connectivity index is 1.50. The number of nitrogens with zero attached hydrogens (tertiary/aromatic N) is 2. The Morgan fingerprint density at radius 1 is 1.04 bits per heavy atom. The first-order chi connectivity index (χ1) is 24.1. The molecule has 270 valence electrons. The van der Waals surface area contributed by atoms with Crippen molar-refractivity contribution in [2.24, 2.45) is 5.41 Å². The van der Waals surface area contributed by atoms with Crippen LogP contribution in [-0.4, -0.2) is 71.4 Å². The zero-order chi connectivity index (χ0) is 36.1. The standard InChI is InChI=1S/C38H49N3O7S2/c1-6-38(2,3)35(43)36(44)41-22-10-8-14-29(41)37(45)48-30(18-16-26-17-19-31(46-4)32(24-26)47-5)27-12-11-13-28(25-27)40-33(42)20-23-49-50-34-15-7-9-21-39-34/h7,9,11-13,15,17,19,21,24-25,29-30,35,43H,6,8,10,14,16,18,20,22-23H2,1-5H3,(H,40,42)/t29-,30+,35?/m0/s1. The Kier molecular flexibility index (Phi) is 14.9. The first-order valence-electron chi connectivity index (χ1n) is 17.1. The van der Waals surface area contributed by atoms with Crippen LogP contribution >= 0.6 is 21.6 Å². The van der Waals surface area contributed by atoms with Crippen LogP contribution in [0.1, 0.15) is 76.5 Å². The van der Waals surface area contributed by atoms with E-state index >= 15 is 0 Å². The maximum Gasteiger partial charge on any atom is 0.329 e. The van der Waals surface area contributed by atoms with Gasteiger partial charge in [0, 0.05) is 30.6 Å². The van der Waals surface area contributed by atoms with Crippen LogP contribution in [0.5, 0.6) is 11.5 Å². The van der Waals surface area contributed by atoms with Gasteiger partial charge >= 0.3 is 5.97 Å². The summed E-state index contributed by atoms with van der Waals surface area (Å²) >= 11 is 0. The third-order valence-electron chi connectivity index (χ3n) is 9.08. The molecule has 2 N–H and O–H groups in total. The third kappa shape index (κ3) is 10.9. The number of benzene rings is 2. The highest BCUT2D eigenvalue weighted by molar-refractivity contribution is 8.76. The van der Waals surface area contributed by atoms with Crippen molar-refractivity contribution in [1.29, 1.82) is 0 Å². The first-order valence-corrected chi connectivity index (χ1v) is 19.4. The lowest BCUT2D eigenvalue weighted by Gasteiger charge is -2.39. The van der Waals surface area contributed by atoms with Gasteiger partial charge in [-0.05, 0) is 102 Å². The Morgan fingerprint density at radius 2 is 1.84 bits per heavy atom. The molecule has 4 rings (SSSR count). The van der Waals surface area contributed by atoms with Gasteiger partial charge < -0.3 is 29.5 Å². The number of aromatic nitrogens is 1. The number of likely N-dealkylation sites (tertiary alicyclic amines) is 1. The van der Waals surface area contributed by atoms with Crippen molar-refractivity contribution in [3.8, 4) is 11.5 Å². The van der Waals surface area contributed by atoms with Crippen molar-refractivity contribution in [3.05, 3.63) is 78.0 Å². The summed E-state index contributed by atoms with van der Waals surface area (Å²) in [6.07, 6.45) is 3.73. The number of amides is 2. The fourth-order valence-corrected chi connectivity index (χ4v) is 7.51. The number of pyridine rings is 1. The van der Waals surface area contributed by atoms with Crippen LogP contribution in [0, 0.1) is 5.41 Å². The molecule has 1 aliphatic rings. The lowest BCUT2D eigenvalue weighted by Crippen LogP contribution is -2.54. The molecule has 10 nitrogen and oxygen atoms in total. The largest absolute Gasteiger partial charge is 0.493 e. The molecule has 0 aliphatic carbocycles. The van der Waals surface area contributed by atoms with Crippen LogP contribution in [0.2, 0.25) is 0 Å². The van der Waals surface area contributed by atoms with Crippen LogP contribution in [-0.2, 0) is 25.5 Å². The average molecular weight is 724 g/mol. The molecule has 1 saturated heterocycles. The number of aliphatic hydroxyl groups is 1. The number of piperidine rings is 1. The van der Waals surface area contributed by atoms with E-state index in [-0.39, 0.29) is 5.91 Å². The van der Waals surface area contributed by atoms with E-state index in [1.54, 1.807) is 31.2 Å². The van der Waals surface area contributed by atoms with E-state index in [9.17, 15) is 19.5 Å². The summed E-state index contributed by atoms with van der Waals surface area (Å²) in [5.74, 6) is 0.756. The molecule has 3 atom stereocenters. The molecule has 0 bridgehead atoms. The van der Waals surface area contributed by atoms with Gasteiger partial charge in [-0.2, -0.15) is 0 Å². The van der Waals surface area contributed by atoms with E-state index in [4.69, 9.17) is 14.2 Å². The molecule has 0 radical (unpaired) electrons. The Hall–Kier alpha value is -3.74. The molecule has 50 heavy (non-hydrogen) atoms. The molecule has 12 heteroatoms. The minimum absolute atomic E-state index is 0.125. The highest BCUT2D eigenvalue weighted by Crippen LogP contribution is 2.34. The van der Waals surface area contributed by atoms with Crippen LogP contribution in [0.3, 0.4) is 0 Å². The Labute approximate surface area is 303 Å². The summed E-state index contributed by atoms with van der Waals surface area (Å²) in [5.41, 5.74) is 1.65. The van der Waals surface area contributed by atoms with Gasteiger partial charge in [-0.3, -0.25) is 9.59 Å². The number of esters is 1. The number of nitrogens with one attached hydrogen (secondary N) is 1.